The van der Waals surface area contributed by atoms with Crippen molar-refractivity contribution in [2.75, 3.05) is 0 Å². The van der Waals surface area contributed by atoms with Crippen LogP contribution in [0.2, 0.25) is 0 Å². The molecule has 9 aromatic carbocycles. The van der Waals surface area contributed by atoms with Gasteiger partial charge in [0.25, 0.3) is 0 Å². The Bertz CT molecular complexity index is 4180. The zero-order valence-electron chi connectivity index (χ0n) is 36.5. The van der Waals surface area contributed by atoms with Gasteiger partial charge in [-0.05, 0) is 123 Å². The number of hydrogen-bond acceptors (Lipinski definition) is 4. The molecule has 0 N–H and O–H groups in total. The smallest absolute Gasteiger partial charge is 0.222 e. The van der Waals surface area contributed by atoms with Crippen LogP contribution in [0.5, 0.6) is 0 Å². The van der Waals surface area contributed by atoms with Crippen LogP contribution in [0, 0.1) is 0 Å². The number of imidazole rings is 4. The van der Waals surface area contributed by atoms with Crippen LogP contribution >= 0.6 is 0 Å². The third-order valence-corrected chi connectivity index (χ3v) is 13.2. The Hall–Kier alpha value is -9.40. The van der Waals surface area contributed by atoms with Gasteiger partial charge < -0.3 is 0 Å². The Balaban J connectivity index is 0.935. The second-order valence-electron chi connectivity index (χ2n) is 17.2. The molecule has 0 atom stereocenters. The highest BCUT2D eigenvalue weighted by atomic mass is 15.2. The first-order valence-corrected chi connectivity index (χ1v) is 22.8. The molecule has 5 aromatic heterocycles. The summed E-state index contributed by atoms with van der Waals surface area (Å²) in [5.74, 6) is 2.22. The monoisotopic (exact) mass is 870 g/mol. The Morgan fingerprint density at radius 2 is 0.824 bits per heavy atom. The molecule has 8 heteroatoms. The van der Waals surface area contributed by atoms with Gasteiger partial charge in [0.05, 0.1) is 39.3 Å². The Morgan fingerprint density at radius 3 is 1.47 bits per heavy atom. The second-order valence-corrected chi connectivity index (χ2v) is 17.2. The molecule has 0 fully saturated rings. The number of hydrogen-bond donors (Lipinski definition) is 0. The molecule has 14 aromatic rings. The van der Waals surface area contributed by atoms with Crippen LogP contribution in [0.3, 0.4) is 0 Å². The SMILES string of the molecule is c1ccc(-c2cc(-c3ccccc3)c(-c3cccc(-n4c5ccccc5n5c6cc(-c7ncc8c(n7)nc7n(-c9ccccc9)c9ccccc9n87)ccc6nc45)c3)c(-c3ccccc3)c2)cc1. The normalized spacial score (nSPS) is 11.8. The van der Waals surface area contributed by atoms with Crippen LogP contribution in [0.1, 0.15) is 0 Å². The van der Waals surface area contributed by atoms with Crippen LogP contribution < -0.4 is 0 Å². The number of nitrogens with zero attached hydrogens (tertiary/aromatic N) is 8. The standard InChI is InChI=1S/C60H38N8/c1-5-18-39(19-6-1)44-35-47(40-20-7-2-8-21-40)56(48(36-44)41-22-9-3-10-23-41)42-24-17-27-46(34-42)66-51-29-14-15-30-52(51)67-54-37-43(32-33-49(54)62-59(66)67)57-61-38-55-58(63-57)64-60-65(45-25-11-4-12-26-45)50-28-13-16-31-53(50)68(55)60/h1-38H. The van der Waals surface area contributed by atoms with Gasteiger partial charge in [-0.3, -0.25) is 17.9 Å². The average molecular weight is 871 g/mol. The van der Waals surface area contributed by atoms with Gasteiger partial charge >= 0.3 is 0 Å². The van der Waals surface area contributed by atoms with Gasteiger partial charge in [0.15, 0.2) is 11.5 Å². The van der Waals surface area contributed by atoms with Gasteiger partial charge in [-0.1, -0.05) is 146 Å². The first kappa shape index (κ1) is 37.9. The fourth-order valence-electron chi connectivity index (χ4n) is 10.2. The van der Waals surface area contributed by atoms with Crippen molar-refractivity contribution < 1.29 is 0 Å². The predicted molar refractivity (Wildman–Crippen MR) is 275 cm³/mol. The lowest BCUT2D eigenvalue weighted by Gasteiger charge is -2.20. The van der Waals surface area contributed by atoms with Crippen molar-refractivity contribution in [3.8, 4) is 67.3 Å². The van der Waals surface area contributed by atoms with Crippen LogP contribution in [-0.4, -0.2) is 37.9 Å². The Kier molecular flexibility index (Phi) is 8.41. The van der Waals surface area contributed by atoms with Crippen molar-refractivity contribution >= 4 is 55.8 Å². The highest BCUT2D eigenvalue weighted by Gasteiger charge is 2.23. The molecule has 0 saturated heterocycles. The Morgan fingerprint density at radius 1 is 0.309 bits per heavy atom. The molecule has 0 bridgehead atoms. The van der Waals surface area contributed by atoms with E-state index >= 15 is 0 Å². The molecule has 0 aliphatic carbocycles. The van der Waals surface area contributed by atoms with Gasteiger partial charge in [0.1, 0.15) is 5.52 Å². The molecule has 0 spiro atoms. The molecule has 14 rings (SSSR count). The maximum Gasteiger partial charge on any atom is 0.222 e. The first-order valence-electron chi connectivity index (χ1n) is 22.8. The zero-order chi connectivity index (χ0) is 44.7. The number of rotatable bonds is 7. The van der Waals surface area contributed by atoms with E-state index in [1.807, 2.05) is 12.3 Å². The van der Waals surface area contributed by atoms with Crippen molar-refractivity contribution in [3.05, 3.63) is 231 Å². The zero-order valence-corrected chi connectivity index (χ0v) is 36.5. The summed E-state index contributed by atoms with van der Waals surface area (Å²) >= 11 is 0. The summed E-state index contributed by atoms with van der Waals surface area (Å²) in [6.07, 6.45) is 1.90. The van der Waals surface area contributed by atoms with E-state index in [2.05, 4.69) is 236 Å². The number of aromatic nitrogens is 8. The van der Waals surface area contributed by atoms with Crippen LogP contribution in [-0.2, 0) is 0 Å². The molecule has 0 aliphatic heterocycles. The lowest BCUT2D eigenvalue weighted by molar-refractivity contribution is 1.11. The molecule has 68 heavy (non-hydrogen) atoms. The molecular formula is C60H38N8. The van der Waals surface area contributed by atoms with Gasteiger partial charge in [-0.25, -0.2) is 15.0 Å². The minimum Gasteiger partial charge on any atom is -0.278 e. The molecule has 0 saturated carbocycles. The van der Waals surface area contributed by atoms with Gasteiger partial charge in [0.2, 0.25) is 11.6 Å². The highest BCUT2D eigenvalue weighted by molar-refractivity contribution is 5.99. The molecule has 0 radical (unpaired) electrons. The van der Waals surface area contributed by atoms with E-state index in [9.17, 15) is 0 Å². The fraction of sp³-hybridized carbons (Fsp3) is 0. The molecule has 318 valence electrons. The summed E-state index contributed by atoms with van der Waals surface area (Å²) in [6.45, 7) is 0. The van der Waals surface area contributed by atoms with E-state index in [0.717, 1.165) is 83.8 Å². The van der Waals surface area contributed by atoms with Gasteiger partial charge in [0, 0.05) is 16.9 Å². The van der Waals surface area contributed by atoms with E-state index in [-0.39, 0.29) is 0 Å². The minimum atomic E-state index is 0.601. The lowest BCUT2D eigenvalue weighted by Crippen LogP contribution is -1.97. The summed E-state index contributed by atoms with van der Waals surface area (Å²) in [7, 11) is 0. The highest BCUT2D eigenvalue weighted by Crippen LogP contribution is 2.44. The lowest BCUT2D eigenvalue weighted by atomic mass is 9.84. The van der Waals surface area contributed by atoms with Gasteiger partial charge in [-0.2, -0.15) is 4.98 Å². The summed E-state index contributed by atoms with van der Waals surface area (Å²) in [6, 6.07) is 79.3. The Labute approximate surface area is 390 Å². The summed E-state index contributed by atoms with van der Waals surface area (Å²) in [5.41, 5.74) is 19.8. The molecule has 0 aliphatic rings. The summed E-state index contributed by atoms with van der Waals surface area (Å²) < 4.78 is 8.88. The minimum absolute atomic E-state index is 0.601. The quantitative estimate of drug-likeness (QED) is 0.160. The van der Waals surface area contributed by atoms with Crippen molar-refractivity contribution in [1.82, 2.24) is 37.9 Å². The van der Waals surface area contributed by atoms with E-state index in [4.69, 9.17) is 19.9 Å². The van der Waals surface area contributed by atoms with Crippen LogP contribution in [0.4, 0.5) is 0 Å². The number of benzene rings is 9. The van der Waals surface area contributed by atoms with E-state index in [1.54, 1.807) is 0 Å². The second kappa shape index (κ2) is 15.1. The molecular weight excluding hydrogens is 833 g/mol. The van der Waals surface area contributed by atoms with Gasteiger partial charge in [-0.15, -0.1) is 0 Å². The maximum absolute atomic E-state index is 5.35. The topological polar surface area (TPSA) is 70.2 Å². The van der Waals surface area contributed by atoms with Crippen LogP contribution in [0.25, 0.3) is 123 Å². The van der Waals surface area contributed by atoms with Crippen molar-refractivity contribution in [2.45, 2.75) is 0 Å². The summed E-state index contributed by atoms with van der Waals surface area (Å²) in [5, 5.41) is 0. The fourth-order valence-corrected chi connectivity index (χ4v) is 10.2. The molecule has 0 amide bonds. The first-order chi connectivity index (χ1) is 33.7. The molecule has 5 heterocycles. The van der Waals surface area contributed by atoms with E-state index < -0.39 is 0 Å². The number of para-hydroxylation sites is 5. The van der Waals surface area contributed by atoms with E-state index in [1.165, 1.54) is 27.8 Å². The van der Waals surface area contributed by atoms with Crippen molar-refractivity contribution in [2.24, 2.45) is 0 Å². The molecule has 0 unspecified atom stereocenters. The predicted octanol–water partition coefficient (Wildman–Crippen LogP) is 14.3. The van der Waals surface area contributed by atoms with Crippen molar-refractivity contribution in [1.29, 1.82) is 0 Å². The maximum atomic E-state index is 5.35. The summed E-state index contributed by atoms with van der Waals surface area (Å²) in [4.78, 5) is 20.6. The molecule has 8 nitrogen and oxygen atoms in total. The largest absolute Gasteiger partial charge is 0.278 e. The third-order valence-electron chi connectivity index (χ3n) is 13.2. The third kappa shape index (κ3) is 5.87. The van der Waals surface area contributed by atoms with E-state index in [0.29, 0.717) is 11.5 Å². The van der Waals surface area contributed by atoms with Crippen molar-refractivity contribution in [3.63, 3.8) is 0 Å². The van der Waals surface area contributed by atoms with Crippen LogP contribution in [0.15, 0.2) is 231 Å². The number of fused-ring (bicyclic) bond motifs is 10. The average Bonchev–Trinajstić information content (AvgIpc) is 4.15.